The number of likely N-dealkylation sites (N-methyl/N-ethyl adjacent to an activating group) is 2. The van der Waals surface area contributed by atoms with Gasteiger partial charge in [-0.3, -0.25) is 10.1 Å². The zero-order valence-corrected chi connectivity index (χ0v) is 12.2. The number of anilines is 2. The van der Waals surface area contributed by atoms with E-state index in [2.05, 4.69) is 22.2 Å². The van der Waals surface area contributed by atoms with Crippen molar-refractivity contribution in [3.63, 3.8) is 0 Å². The van der Waals surface area contributed by atoms with E-state index in [0.29, 0.717) is 17.7 Å². The summed E-state index contributed by atoms with van der Waals surface area (Å²) >= 11 is 0. The van der Waals surface area contributed by atoms with Gasteiger partial charge >= 0.3 is 5.69 Å². The van der Waals surface area contributed by atoms with Crippen molar-refractivity contribution in [3.05, 3.63) is 22.2 Å². The van der Waals surface area contributed by atoms with Crippen LogP contribution >= 0.6 is 0 Å². The number of rotatable bonds is 5. The highest BCUT2D eigenvalue weighted by Crippen LogP contribution is 2.28. The Morgan fingerprint density at radius 2 is 2.35 bits per heavy atom. The highest BCUT2D eigenvalue weighted by Gasteiger charge is 2.26. The Labute approximate surface area is 118 Å². The van der Waals surface area contributed by atoms with Crippen LogP contribution in [0.1, 0.15) is 12.8 Å². The molecule has 1 fully saturated rings. The zero-order chi connectivity index (χ0) is 14.7. The van der Waals surface area contributed by atoms with Crippen LogP contribution in [0, 0.1) is 10.1 Å². The van der Waals surface area contributed by atoms with Crippen molar-refractivity contribution in [3.8, 4) is 0 Å². The Balaban J connectivity index is 2.22. The number of hydrogen-bond acceptors (Lipinski definition) is 6. The van der Waals surface area contributed by atoms with Gasteiger partial charge in [0.1, 0.15) is 5.82 Å². The molecule has 1 aromatic rings. The fourth-order valence-electron chi connectivity index (χ4n) is 2.62. The molecule has 7 heteroatoms. The van der Waals surface area contributed by atoms with E-state index in [-0.39, 0.29) is 10.6 Å². The van der Waals surface area contributed by atoms with Crippen molar-refractivity contribution in [2.24, 2.45) is 0 Å². The number of nitrogens with zero attached hydrogens (tertiary/aromatic N) is 4. The van der Waals surface area contributed by atoms with E-state index < -0.39 is 0 Å². The van der Waals surface area contributed by atoms with Crippen molar-refractivity contribution < 1.29 is 4.92 Å². The Hall–Kier alpha value is -1.89. The van der Waals surface area contributed by atoms with Crippen LogP contribution in [0.4, 0.5) is 17.3 Å². The highest BCUT2D eigenvalue weighted by molar-refractivity contribution is 5.61. The number of likely N-dealkylation sites (tertiary alicyclic amines) is 1. The summed E-state index contributed by atoms with van der Waals surface area (Å²) in [7, 11) is 5.71. The van der Waals surface area contributed by atoms with Crippen LogP contribution in [-0.4, -0.2) is 55.1 Å². The molecule has 2 heterocycles. The van der Waals surface area contributed by atoms with Gasteiger partial charge < -0.3 is 15.1 Å². The predicted octanol–water partition coefficient (Wildman–Crippen LogP) is 1.56. The maximum atomic E-state index is 11.1. The van der Waals surface area contributed by atoms with Crippen LogP contribution in [0.2, 0.25) is 0 Å². The van der Waals surface area contributed by atoms with E-state index in [1.807, 2.05) is 11.9 Å². The fraction of sp³-hybridized carbons (Fsp3) is 0.615. The normalized spacial score (nSPS) is 19.1. The molecule has 1 unspecified atom stereocenters. The van der Waals surface area contributed by atoms with Crippen molar-refractivity contribution in [1.29, 1.82) is 0 Å². The lowest BCUT2D eigenvalue weighted by atomic mass is 10.2. The van der Waals surface area contributed by atoms with Gasteiger partial charge in [0.2, 0.25) is 5.82 Å². The van der Waals surface area contributed by atoms with Gasteiger partial charge in [-0.05, 0) is 32.5 Å². The van der Waals surface area contributed by atoms with Crippen LogP contribution in [0.5, 0.6) is 0 Å². The summed E-state index contributed by atoms with van der Waals surface area (Å²) < 4.78 is 0. The van der Waals surface area contributed by atoms with Crippen molar-refractivity contribution >= 4 is 17.3 Å². The zero-order valence-electron chi connectivity index (χ0n) is 12.2. The summed E-state index contributed by atoms with van der Waals surface area (Å²) in [6, 6.07) is 3.56. The molecule has 1 aliphatic rings. The lowest BCUT2D eigenvalue weighted by Gasteiger charge is -2.26. The molecule has 0 amide bonds. The van der Waals surface area contributed by atoms with Crippen LogP contribution in [0.3, 0.4) is 0 Å². The van der Waals surface area contributed by atoms with Gasteiger partial charge in [0.25, 0.3) is 0 Å². The molecule has 1 atom stereocenters. The third-order valence-electron chi connectivity index (χ3n) is 3.83. The molecule has 20 heavy (non-hydrogen) atoms. The fourth-order valence-corrected chi connectivity index (χ4v) is 2.62. The quantitative estimate of drug-likeness (QED) is 0.651. The summed E-state index contributed by atoms with van der Waals surface area (Å²) in [5, 5.41) is 14.1. The molecule has 1 aromatic heterocycles. The molecular weight excluding hydrogens is 258 g/mol. The molecule has 0 aliphatic carbocycles. The molecule has 0 spiro atoms. The first-order valence-corrected chi connectivity index (χ1v) is 6.77. The molecule has 110 valence electrons. The minimum Gasteiger partial charge on any atom is -0.373 e. The average molecular weight is 279 g/mol. The second-order valence-electron chi connectivity index (χ2n) is 5.20. The lowest BCUT2D eigenvalue weighted by Crippen LogP contribution is -2.37. The standard InChI is InChI=1S/C13H21N5O2/c1-14-12-7-6-11(18(19)20)13(15-12)17(3)9-10-5-4-8-16(10)2/h6-7,10H,4-5,8-9H2,1-3H3,(H,14,15). The van der Waals surface area contributed by atoms with Gasteiger partial charge in [-0.1, -0.05) is 0 Å². The topological polar surface area (TPSA) is 74.5 Å². The summed E-state index contributed by atoms with van der Waals surface area (Å²) in [6.45, 7) is 1.84. The molecule has 7 nitrogen and oxygen atoms in total. The number of nitrogens with one attached hydrogen (secondary N) is 1. The van der Waals surface area contributed by atoms with E-state index in [4.69, 9.17) is 0 Å². The van der Waals surface area contributed by atoms with E-state index >= 15 is 0 Å². The number of nitro groups is 1. The molecule has 1 aliphatic heterocycles. The van der Waals surface area contributed by atoms with E-state index in [1.165, 1.54) is 12.5 Å². The van der Waals surface area contributed by atoms with Crippen LogP contribution < -0.4 is 10.2 Å². The first kappa shape index (κ1) is 14.5. The molecule has 1 N–H and O–H groups in total. The summed E-state index contributed by atoms with van der Waals surface area (Å²) in [6.07, 6.45) is 2.31. The Kier molecular flexibility index (Phi) is 4.39. The first-order valence-electron chi connectivity index (χ1n) is 6.77. The SMILES string of the molecule is CNc1ccc([N+](=O)[O-])c(N(C)CC2CCCN2C)n1. The lowest BCUT2D eigenvalue weighted by molar-refractivity contribution is -0.384. The smallest absolute Gasteiger partial charge is 0.311 e. The largest absolute Gasteiger partial charge is 0.373 e. The Morgan fingerprint density at radius 3 is 2.90 bits per heavy atom. The molecule has 0 bridgehead atoms. The van der Waals surface area contributed by atoms with Gasteiger partial charge in [0.15, 0.2) is 0 Å². The maximum absolute atomic E-state index is 11.1. The van der Waals surface area contributed by atoms with Gasteiger partial charge in [-0.2, -0.15) is 0 Å². The predicted molar refractivity (Wildman–Crippen MR) is 79.4 cm³/mol. The van der Waals surface area contributed by atoms with Gasteiger partial charge in [-0.25, -0.2) is 4.98 Å². The highest BCUT2D eigenvalue weighted by atomic mass is 16.6. The number of hydrogen-bond donors (Lipinski definition) is 1. The molecule has 0 aromatic carbocycles. The monoisotopic (exact) mass is 279 g/mol. The molecule has 1 saturated heterocycles. The summed E-state index contributed by atoms with van der Waals surface area (Å²) in [5.41, 5.74) is 0.0483. The maximum Gasteiger partial charge on any atom is 0.311 e. The minimum absolute atomic E-state index is 0.0483. The first-order chi connectivity index (χ1) is 9.52. The van der Waals surface area contributed by atoms with Crippen LogP contribution in [-0.2, 0) is 0 Å². The summed E-state index contributed by atoms with van der Waals surface area (Å²) in [5.74, 6) is 1.05. The van der Waals surface area contributed by atoms with Gasteiger partial charge in [0.05, 0.1) is 4.92 Å². The summed E-state index contributed by atoms with van der Waals surface area (Å²) in [4.78, 5) is 19.3. The molecule has 0 saturated carbocycles. The van der Waals surface area contributed by atoms with Crippen molar-refractivity contribution in [2.75, 3.05) is 44.4 Å². The molecule has 2 rings (SSSR count). The molecule has 0 radical (unpaired) electrons. The van der Waals surface area contributed by atoms with Crippen LogP contribution in [0.25, 0.3) is 0 Å². The third kappa shape index (κ3) is 2.98. The van der Waals surface area contributed by atoms with Gasteiger partial charge in [-0.15, -0.1) is 0 Å². The van der Waals surface area contributed by atoms with Crippen LogP contribution in [0.15, 0.2) is 12.1 Å². The van der Waals surface area contributed by atoms with E-state index in [9.17, 15) is 10.1 Å². The van der Waals surface area contributed by atoms with E-state index in [0.717, 1.165) is 19.5 Å². The Bertz CT molecular complexity index is 494. The second kappa shape index (κ2) is 6.04. The number of pyridine rings is 1. The van der Waals surface area contributed by atoms with Gasteiger partial charge in [0, 0.05) is 32.7 Å². The van der Waals surface area contributed by atoms with Crippen molar-refractivity contribution in [2.45, 2.75) is 18.9 Å². The minimum atomic E-state index is -0.378. The van der Waals surface area contributed by atoms with Crippen molar-refractivity contribution in [1.82, 2.24) is 9.88 Å². The second-order valence-corrected chi connectivity index (χ2v) is 5.20. The number of aromatic nitrogens is 1. The molecular formula is C13H21N5O2. The average Bonchev–Trinajstić information content (AvgIpc) is 2.83. The third-order valence-corrected chi connectivity index (χ3v) is 3.83. The van der Waals surface area contributed by atoms with E-state index in [1.54, 1.807) is 13.1 Å². The Morgan fingerprint density at radius 1 is 1.60 bits per heavy atom.